The van der Waals surface area contributed by atoms with Gasteiger partial charge < -0.3 is 10.2 Å². The summed E-state index contributed by atoms with van der Waals surface area (Å²) in [6, 6.07) is 11.0. The Morgan fingerprint density at radius 3 is 2.08 bits per heavy atom. The highest BCUT2D eigenvalue weighted by Crippen LogP contribution is 2.27. The van der Waals surface area contributed by atoms with E-state index >= 15 is 0 Å². The molecule has 204 valence electrons. The number of rotatable bonds is 10. The highest BCUT2D eigenvalue weighted by atomic mass is 35.5. The van der Waals surface area contributed by atoms with E-state index in [1.54, 1.807) is 37.3 Å². The van der Waals surface area contributed by atoms with Crippen molar-refractivity contribution in [2.24, 2.45) is 0 Å². The fourth-order valence-electron chi connectivity index (χ4n) is 3.88. The fraction of sp³-hybridized carbons (Fsp3) is 0.481. The molecule has 0 radical (unpaired) electrons. The first-order valence-electron chi connectivity index (χ1n) is 12.2. The van der Waals surface area contributed by atoms with Gasteiger partial charge >= 0.3 is 0 Å². The van der Waals surface area contributed by atoms with Gasteiger partial charge in [0.2, 0.25) is 21.8 Å². The highest BCUT2D eigenvalue weighted by Gasteiger charge is 2.32. The van der Waals surface area contributed by atoms with Crippen molar-refractivity contribution in [1.29, 1.82) is 0 Å². The van der Waals surface area contributed by atoms with Gasteiger partial charge in [0.25, 0.3) is 0 Å². The molecule has 7 nitrogen and oxygen atoms in total. The van der Waals surface area contributed by atoms with Crippen molar-refractivity contribution >= 4 is 50.7 Å². The van der Waals surface area contributed by atoms with E-state index in [0.717, 1.165) is 16.1 Å². The van der Waals surface area contributed by atoms with Crippen LogP contribution in [0.3, 0.4) is 0 Å². The first-order chi connectivity index (χ1) is 17.0. The number of amides is 2. The minimum Gasteiger partial charge on any atom is -0.352 e. The molecule has 1 unspecified atom stereocenters. The number of carbonyl (C=O) groups excluding carboxylic acids is 2. The lowest BCUT2D eigenvalue weighted by atomic mass is 9.87. The number of benzene rings is 2. The van der Waals surface area contributed by atoms with E-state index in [-0.39, 0.29) is 23.9 Å². The smallest absolute Gasteiger partial charge is 0.244 e. The Hall–Kier alpha value is -2.29. The van der Waals surface area contributed by atoms with E-state index in [9.17, 15) is 18.0 Å². The third-order valence-electron chi connectivity index (χ3n) is 5.87. The van der Waals surface area contributed by atoms with Crippen LogP contribution in [0.4, 0.5) is 5.69 Å². The number of nitrogens with one attached hydrogen (secondary N) is 1. The molecule has 2 aromatic rings. The standard InChI is InChI=1S/C27H37Cl2N3O4S/c1-8-24(26(34)30-18(2)3)31(16-19-9-12-21(28)15-23(19)29)25(33)17-32(37(7,35)36)22-13-10-20(11-14-22)27(4,5)6/h9-15,18,24H,8,16-17H2,1-7H3,(H,30,34). The number of hydrogen-bond acceptors (Lipinski definition) is 4. The fourth-order valence-corrected chi connectivity index (χ4v) is 5.19. The molecule has 0 heterocycles. The first kappa shape index (κ1) is 30.9. The monoisotopic (exact) mass is 569 g/mol. The maximum atomic E-state index is 13.7. The van der Waals surface area contributed by atoms with Crippen LogP contribution >= 0.6 is 23.2 Å². The molecule has 2 rings (SSSR count). The Morgan fingerprint density at radius 2 is 1.62 bits per heavy atom. The number of halogens is 2. The Balaban J connectivity index is 2.48. The summed E-state index contributed by atoms with van der Waals surface area (Å²) < 4.78 is 26.6. The summed E-state index contributed by atoms with van der Waals surface area (Å²) in [5.41, 5.74) is 1.88. The largest absolute Gasteiger partial charge is 0.352 e. The van der Waals surface area contributed by atoms with E-state index in [1.165, 1.54) is 4.90 Å². The molecule has 0 saturated heterocycles. The van der Waals surface area contributed by atoms with Crippen LogP contribution in [0.2, 0.25) is 10.0 Å². The van der Waals surface area contributed by atoms with Crippen molar-refractivity contribution in [3.8, 4) is 0 Å². The van der Waals surface area contributed by atoms with Crippen molar-refractivity contribution in [3.63, 3.8) is 0 Å². The second-order valence-electron chi connectivity index (χ2n) is 10.4. The molecule has 1 N–H and O–H groups in total. The van der Waals surface area contributed by atoms with Crippen molar-refractivity contribution in [2.45, 2.75) is 72.0 Å². The molecule has 2 aromatic carbocycles. The van der Waals surface area contributed by atoms with Gasteiger partial charge in [-0.15, -0.1) is 0 Å². The van der Waals surface area contributed by atoms with E-state index in [4.69, 9.17) is 23.2 Å². The van der Waals surface area contributed by atoms with Gasteiger partial charge in [0.05, 0.1) is 11.9 Å². The topological polar surface area (TPSA) is 86.8 Å². The van der Waals surface area contributed by atoms with Crippen LogP contribution in [0.1, 0.15) is 59.1 Å². The quantitative estimate of drug-likeness (QED) is 0.415. The minimum atomic E-state index is -3.81. The lowest BCUT2D eigenvalue weighted by Crippen LogP contribution is -2.53. The molecule has 0 saturated carbocycles. The number of hydrogen-bond donors (Lipinski definition) is 1. The van der Waals surface area contributed by atoms with Gasteiger partial charge in [-0.1, -0.05) is 69.1 Å². The van der Waals surface area contributed by atoms with E-state index in [1.807, 2.05) is 26.0 Å². The summed E-state index contributed by atoms with van der Waals surface area (Å²) in [5.74, 6) is -0.849. The van der Waals surface area contributed by atoms with Crippen molar-refractivity contribution < 1.29 is 18.0 Å². The van der Waals surface area contributed by atoms with Crippen LogP contribution < -0.4 is 9.62 Å². The Morgan fingerprint density at radius 1 is 1.03 bits per heavy atom. The van der Waals surface area contributed by atoms with Crippen LogP contribution in [-0.4, -0.2) is 50.0 Å². The van der Waals surface area contributed by atoms with Gasteiger partial charge in [0.15, 0.2) is 0 Å². The molecular formula is C27H37Cl2N3O4S. The predicted octanol–water partition coefficient (Wildman–Crippen LogP) is 5.39. The Labute approximate surface area is 231 Å². The van der Waals surface area contributed by atoms with E-state index in [2.05, 4.69) is 26.1 Å². The average molecular weight is 571 g/mol. The van der Waals surface area contributed by atoms with Crippen LogP contribution in [0, 0.1) is 0 Å². The maximum Gasteiger partial charge on any atom is 0.244 e. The second-order valence-corrected chi connectivity index (χ2v) is 13.2. The normalized spacial score (nSPS) is 12.8. The summed E-state index contributed by atoms with van der Waals surface area (Å²) in [5, 5.41) is 3.65. The Kier molecular flexibility index (Phi) is 10.5. The third-order valence-corrected chi connectivity index (χ3v) is 7.60. The molecule has 0 fully saturated rings. The number of carbonyl (C=O) groups is 2. The molecular weight excluding hydrogens is 533 g/mol. The molecule has 0 aliphatic rings. The molecule has 1 atom stereocenters. The summed E-state index contributed by atoms with van der Waals surface area (Å²) in [6.07, 6.45) is 1.38. The van der Waals surface area contributed by atoms with Crippen molar-refractivity contribution in [1.82, 2.24) is 10.2 Å². The van der Waals surface area contributed by atoms with E-state index in [0.29, 0.717) is 27.7 Å². The number of sulfonamides is 1. The predicted molar refractivity (Wildman–Crippen MR) is 152 cm³/mol. The van der Waals surface area contributed by atoms with Gasteiger partial charge in [-0.2, -0.15) is 0 Å². The SMILES string of the molecule is CCC(C(=O)NC(C)C)N(Cc1ccc(Cl)cc1Cl)C(=O)CN(c1ccc(C(C)(C)C)cc1)S(C)(=O)=O. The zero-order chi connectivity index (χ0) is 28.1. The second kappa shape index (κ2) is 12.5. The molecule has 0 bridgehead atoms. The molecule has 37 heavy (non-hydrogen) atoms. The van der Waals surface area contributed by atoms with Gasteiger partial charge in [-0.05, 0) is 61.1 Å². The van der Waals surface area contributed by atoms with Crippen LogP contribution in [-0.2, 0) is 31.6 Å². The highest BCUT2D eigenvalue weighted by molar-refractivity contribution is 7.92. The number of anilines is 1. The summed E-state index contributed by atoms with van der Waals surface area (Å²) in [6.45, 7) is 11.2. The molecule has 0 aliphatic carbocycles. The molecule has 0 aliphatic heterocycles. The number of nitrogens with zero attached hydrogens (tertiary/aromatic N) is 2. The molecule has 10 heteroatoms. The maximum absolute atomic E-state index is 13.7. The van der Waals surface area contributed by atoms with Crippen molar-refractivity contribution in [2.75, 3.05) is 17.1 Å². The zero-order valence-electron chi connectivity index (χ0n) is 22.5. The summed E-state index contributed by atoms with van der Waals surface area (Å²) in [4.78, 5) is 28.2. The third kappa shape index (κ3) is 8.62. The lowest BCUT2D eigenvalue weighted by molar-refractivity contribution is -0.140. The van der Waals surface area contributed by atoms with Crippen LogP contribution in [0.25, 0.3) is 0 Å². The Bertz CT molecular complexity index is 1210. The van der Waals surface area contributed by atoms with Crippen LogP contribution in [0.5, 0.6) is 0 Å². The van der Waals surface area contributed by atoms with E-state index < -0.39 is 28.5 Å². The van der Waals surface area contributed by atoms with Gasteiger partial charge in [-0.3, -0.25) is 13.9 Å². The summed E-state index contributed by atoms with van der Waals surface area (Å²) in [7, 11) is -3.81. The first-order valence-corrected chi connectivity index (χ1v) is 14.8. The van der Waals surface area contributed by atoms with Gasteiger partial charge in [0.1, 0.15) is 12.6 Å². The van der Waals surface area contributed by atoms with Crippen molar-refractivity contribution in [3.05, 3.63) is 63.6 Å². The average Bonchev–Trinajstić information content (AvgIpc) is 2.76. The summed E-state index contributed by atoms with van der Waals surface area (Å²) >= 11 is 12.4. The zero-order valence-corrected chi connectivity index (χ0v) is 24.8. The van der Waals surface area contributed by atoms with Gasteiger partial charge in [0, 0.05) is 22.6 Å². The molecule has 2 amide bonds. The lowest BCUT2D eigenvalue weighted by Gasteiger charge is -2.33. The minimum absolute atomic E-state index is 0.0133. The molecule has 0 spiro atoms. The van der Waals surface area contributed by atoms with Gasteiger partial charge in [-0.25, -0.2) is 8.42 Å². The van der Waals surface area contributed by atoms with Crippen LogP contribution in [0.15, 0.2) is 42.5 Å². The molecule has 0 aromatic heterocycles.